The third kappa shape index (κ3) is 4.58. The number of carbonyl (C=O) groups excluding carboxylic acids is 1. The molecular formula is C14H28N2O2. The smallest absolute Gasteiger partial charge is 0.236 e. The minimum Gasteiger partial charge on any atom is -0.394 e. The summed E-state index contributed by atoms with van der Waals surface area (Å²) in [6.45, 7) is 7.02. The molecule has 18 heavy (non-hydrogen) atoms. The van der Waals surface area contributed by atoms with Crippen LogP contribution in [0.3, 0.4) is 0 Å². The molecule has 1 unspecified atom stereocenters. The van der Waals surface area contributed by atoms with E-state index in [4.69, 9.17) is 0 Å². The van der Waals surface area contributed by atoms with E-state index in [0.29, 0.717) is 5.92 Å². The average molecular weight is 256 g/mol. The summed E-state index contributed by atoms with van der Waals surface area (Å²) in [6, 6.07) is -0.234. The monoisotopic (exact) mass is 256 g/mol. The van der Waals surface area contributed by atoms with Crippen molar-refractivity contribution in [3.05, 3.63) is 0 Å². The van der Waals surface area contributed by atoms with Crippen LogP contribution in [0.15, 0.2) is 0 Å². The van der Waals surface area contributed by atoms with E-state index in [1.165, 1.54) is 0 Å². The first-order valence-corrected chi connectivity index (χ1v) is 7.15. The second-order valence-electron chi connectivity index (χ2n) is 5.99. The molecule has 4 nitrogen and oxygen atoms in total. The van der Waals surface area contributed by atoms with Gasteiger partial charge in [-0.3, -0.25) is 10.1 Å². The first kappa shape index (κ1) is 15.4. The van der Waals surface area contributed by atoms with Gasteiger partial charge in [-0.15, -0.1) is 0 Å². The normalized spacial score (nSPS) is 20.1. The molecule has 3 N–H and O–H groups in total. The van der Waals surface area contributed by atoms with Crippen LogP contribution in [0.2, 0.25) is 0 Å². The molecule has 1 rings (SSSR count). The van der Waals surface area contributed by atoms with Gasteiger partial charge in [0.1, 0.15) is 0 Å². The van der Waals surface area contributed by atoms with Crippen LogP contribution in [0.25, 0.3) is 0 Å². The third-order valence-electron chi connectivity index (χ3n) is 3.80. The Hall–Kier alpha value is -0.610. The second-order valence-corrected chi connectivity index (χ2v) is 5.99. The van der Waals surface area contributed by atoms with E-state index in [0.717, 1.165) is 38.6 Å². The number of hydrogen-bond acceptors (Lipinski definition) is 3. The Labute approximate surface area is 111 Å². The van der Waals surface area contributed by atoms with Crippen molar-refractivity contribution in [2.24, 2.45) is 5.92 Å². The Morgan fingerprint density at radius 2 is 1.89 bits per heavy atom. The number of hydrogen-bond donors (Lipinski definition) is 3. The molecule has 0 aromatic rings. The topological polar surface area (TPSA) is 61.4 Å². The fourth-order valence-electron chi connectivity index (χ4n) is 2.56. The lowest BCUT2D eigenvalue weighted by Gasteiger charge is -2.31. The summed E-state index contributed by atoms with van der Waals surface area (Å²) in [7, 11) is 0. The molecular weight excluding hydrogens is 228 g/mol. The van der Waals surface area contributed by atoms with Gasteiger partial charge in [0, 0.05) is 12.1 Å². The summed E-state index contributed by atoms with van der Waals surface area (Å²) in [5.74, 6) is 0.641. The zero-order valence-corrected chi connectivity index (χ0v) is 12.0. The summed E-state index contributed by atoms with van der Waals surface area (Å²) < 4.78 is 0. The minimum atomic E-state index is -0.234. The molecule has 0 bridgehead atoms. The standard InChI is InChI=1S/C14H28N2O2/c1-11(2)6-9-15-13(18)12(3)16-14(10-17)7-4-5-8-14/h11-12,16-17H,4-10H2,1-3H3,(H,15,18). The zero-order valence-electron chi connectivity index (χ0n) is 12.0. The van der Waals surface area contributed by atoms with Gasteiger partial charge in [0.2, 0.25) is 5.91 Å². The van der Waals surface area contributed by atoms with Crippen LogP contribution >= 0.6 is 0 Å². The van der Waals surface area contributed by atoms with Gasteiger partial charge in [0.25, 0.3) is 0 Å². The third-order valence-corrected chi connectivity index (χ3v) is 3.80. The number of aliphatic hydroxyl groups is 1. The van der Waals surface area contributed by atoms with Crippen LogP contribution in [0.1, 0.15) is 52.9 Å². The maximum absolute atomic E-state index is 11.9. The molecule has 0 radical (unpaired) electrons. The maximum Gasteiger partial charge on any atom is 0.236 e. The Kier molecular flexibility index (Phi) is 6.09. The van der Waals surface area contributed by atoms with Crippen LogP contribution in [-0.4, -0.2) is 35.7 Å². The second kappa shape index (κ2) is 7.10. The molecule has 1 atom stereocenters. The summed E-state index contributed by atoms with van der Waals surface area (Å²) >= 11 is 0. The minimum absolute atomic E-state index is 0.0374. The first-order valence-electron chi connectivity index (χ1n) is 7.15. The Balaban J connectivity index is 2.34. The number of aliphatic hydroxyl groups excluding tert-OH is 1. The highest BCUT2D eigenvalue weighted by atomic mass is 16.3. The van der Waals surface area contributed by atoms with Crippen LogP contribution in [0.5, 0.6) is 0 Å². The molecule has 4 heteroatoms. The molecule has 1 fully saturated rings. The molecule has 1 saturated carbocycles. The van der Waals surface area contributed by atoms with Gasteiger partial charge in [-0.2, -0.15) is 0 Å². The molecule has 0 aromatic carbocycles. The quantitative estimate of drug-likeness (QED) is 0.646. The van der Waals surface area contributed by atoms with Gasteiger partial charge in [-0.05, 0) is 32.1 Å². The maximum atomic E-state index is 11.9. The van der Waals surface area contributed by atoms with E-state index in [1.807, 2.05) is 6.92 Å². The van der Waals surface area contributed by atoms with Gasteiger partial charge in [-0.1, -0.05) is 26.7 Å². The summed E-state index contributed by atoms with van der Waals surface area (Å²) in [5, 5.41) is 15.8. The Morgan fingerprint density at radius 1 is 1.28 bits per heavy atom. The van der Waals surface area contributed by atoms with Crippen molar-refractivity contribution in [1.82, 2.24) is 10.6 Å². The van der Waals surface area contributed by atoms with Crippen molar-refractivity contribution in [1.29, 1.82) is 0 Å². The van der Waals surface area contributed by atoms with E-state index < -0.39 is 0 Å². The van der Waals surface area contributed by atoms with Crippen LogP contribution in [-0.2, 0) is 4.79 Å². The molecule has 0 aliphatic heterocycles. The molecule has 1 aliphatic rings. The van der Waals surface area contributed by atoms with E-state index >= 15 is 0 Å². The molecule has 1 amide bonds. The molecule has 0 spiro atoms. The largest absolute Gasteiger partial charge is 0.394 e. The van der Waals surface area contributed by atoms with Gasteiger partial charge in [0.05, 0.1) is 12.6 Å². The van der Waals surface area contributed by atoms with Gasteiger partial charge in [-0.25, -0.2) is 0 Å². The summed E-state index contributed by atoms with van der Waals surface area (Å²) in [5.41, 5.74) is -0.227. The van der Waals surface area contributed by atoms with Crippen LogP contribution in [0.4, 0.5) is 0 Å². The predicted octanol–water partition coefficient (Wildman–Crippen LogP) is 1.43. The van der Waals surface area contributed by atoms with Crippen molar-refractivity contribution in [3.8, 4) is 0 Å². The SMILES string of the molecule is CC(C)CCNC(=O)C(C)NC1(CO)CCCC1. The average Bonchev–Trinajstić information content (AvgIpc) is 2.77. The highest BCUT2D eigenvalue weighted by Crippen LogP contribution is 2.29. The number of carbonyl (C=O) groups is 1. The molecule has 1 aliphatic carbocycles. The Morgan fingerprint density at radius 3 is 2.39 bits per heavy atom. The molecule has 0 saturated heterocycles. The van der Waals surface area contributed by atoms with Crippen molar-refractivity contribution in [3.63, 3.8) is 0 Å². The van der Waals surface area contributed by atoms with Crippen molar-refractivity contribution in [2.45, 2.75) is 64.5 Å². The van der Waals surface area contributed by atoms with E-state index in [-0.39, 0.29) is 24.1 Å². The van der Waals surface area contributed by atoms with Crippen molar-refractivity contribution < 1.29 is 9.90 Å². The molecule has 0 heterocycles. The highest BCUT2D eigenvalue weighted by molar-refractivity contribution is 5.81. The first-order chi connectivity index (χ1) is 8.49. The predicted molar refractivity (Wildman–Crippen MR) is 73.3 cm³/mol. The van der Waals surface area contributed by atoms with Crippen molar-refractivity contribution in [2.75, 3.05) is 13.2 Å². The van der Waals surface area contributed by atoms with E-state index in [2.05, 4.69) is 24.5 Å². The van der Waals surface area contributed by atoms with Crippen LogP contribution < -0.4 is 10.6 Å². The summed E-state index contributed by atoms with van der Waals surface area (Å²) in [6.07, 6.45) is 5.20. The van der Waals surface area contributed by atoms with Crippen LogP contribution in [0, 0.1) is 5.92 Å². The van der Waals surface area contributed by atoms with Crippen molar-refractivity contribution >= 4 is 5.91 Å². The lowest BCUT2D eigenvalue weighted by Crippen LogP contribution is -2.55. The highest BCUT2D eigenvalue weighted by Gasteiger charge is 2.35. The molecule has 106 valence electrons. The van der Waals surface area contributed by atoms with E-state index in [9.17, 15) is 9.90 Å². The lowest BCUT2D eigenvalue weighted by atomic mass is 9.97. The summed E-state index contributed by atoms with van der Waals surface area (Å²) in [4.78, 5) is 11.9. The number of amides is 1. The van der Waals surface area contributed by atoms with E-state index in [1.54, 1.807) is 0 Å². The Bertz CT molecular complexity index is 261. The number of rotatable bonds is 7. The fourth-order valence-corrected chi connectivity index (χ4v) is 2.56. The number of nitrogens with one attached hydrogen (secondary N) is 2. The zero-order chi connectivity index (χ0) is 13.6. The lowest BCUT2D eigenvalue weighted by molar-refractivity contribution is -0.123. The van der Waals surface area contributed by atoms with Gasteiger partial charge >= 0.3 is 0 Å². The van der Waals surface area contributed by atoms with Gasteiger partial charge in [0.15, 0.2) is 0 Å². The molecule has 0 aromatic heterocycles. The van der Waals surface area contributed by atoms with Gasteiger partial charge < -0.3 is 10.4 Å². The fraction of sp³-hybridized carbons (Fsp3) is 0.929.